The summed E-state index contributed by atoms with van der Waals surface area (Å²) in [4.78, 5) is 17.2. The van der Waals surface area contributed by atoms with E-state index in [9.17, 15) is 4.79 Å². The van der Waals surface area contributed by atoms with Crippen LogP contribution >= 0.6 is 34.5 Å². The van der Waals surface area contributed by atoms with Gasteiger partial charge in [-0.2, -0.15) is 0 Å². The van der Waals surface area contributed by atoms with Gasteiger partial charge in [-0.1, -0.05) is 53.5 Å². The molecule has 0 aliphatic carbocycles. The zero-order valence-electron chi connectivity index (χ0n) is 14.3. The Morgan fingerprint density at radius 3 is 2.67 bits per heavy atom. The summed E-state index contributed by atoms with van der Waals surface area (Å²) < 4.78 is 5.13. The predicted molar refractivity (Wildman–Crippen MR) is 111 cm³/mol. The third kappa shape index (κ3) is 4.86. The quantitative estimate of drug-likeness (QED) is 0.494. The number of benzene rings is 2. The number of thiazole rings is 1. The van der Waals surface area contributed by atoms with E-state index in [1.54, 1.807) is 12.1 Å². The van der Waals surface area contributed by atoms with Crippen molar-refractivity contribution in [3.63, 3.8) is 0 Å². The Morgan fingerprint density at radius 2 is 1.96 bits per heavy atom. The fourth-order valence-electron chi connectivity index (χ4n) is 2.32. The van der Waals surface area contributed by atoms with Crippen LogP contribution in [0.5, 0.6) is 0 Å². The lowest BCUT2D eigenvalue weighted by molar-refractivity contribution is 0.177. The number of hydrogen-bond acceptors (Lipinski definition) is 5. The van der Waals surface area contributed by atoms with Crippen molar-refractivity contribution in [3.05, 3.63) is 69.1 Å². The lowest BCUT2D eigenvalue weighted by atomic mass is 10.2. The van der Waals surface area contributed by atoms with E-state index in [1.165, 1.54) is 17.4 Å². The number of aromatic nitrogens is 1. The molecule has 27 heavy (non-hydrogen) atoms. The second-order valence-corrected chi connectivity index (χ2v) is 7.45. The first kappa shape index (κ1) is 19.4. The maximum absolute atomic E-state index is 12.0. The first-order valence-corrected chi connectivity index (χ1v) is 9.51. The molecule has 0 fully saturated rings. The van der Waals surface area contributed by atoms with Gasteiger partial charge in [-0.25, -0.2) is 9.78 Å². The molecule has 0 aliphatic rings. The second-order valence-electron chi connectivity index (χ2n) is 5.60. The molecule has 2 aromatic carbocycles. The van der Waals surface area contributed by atoms with E-state index >= 15 is 0 Å². The molecule has 3 aromatic rings. The van der Waals surface area contributed by atoms with Gasteiger partial charge in [0.2, 0.25) is 0 Å². The summed E-state index contributed by atoms with van der Waals surface area (Å²) in [7, 11) is 0. The number of nitrogens with one attached hydrogen (secondary N) is 2. The van der Waals surface area contributed by atoms with Gasteiger partial charge in [-0.15, -0.1) is 11.3 Å². The van der Waals surface area contributed by atoms with E-state index in [0.717, 1.165) is 16.3 Å². The van der Waals surface area contributed by atoms with Crippen LogP contribution in [0.1, 0.15) is 10.6 Å². The van der Waals surface area contributed by atoms with Crippen LogP contribution in [0.2, 0.25) is 10.0 Å². The number of aryl methyl sites for hydroxylation is 1. The van der Waals surface area contributed by atoms with Gasteiger partial charge < -0.3 is 10.1 Å². The van der Waals surface area contributed by atoms with Crippen LogP contribution in [0.15, 0.2) is 48.5 Å². The van der Waals surface area contributed by atoms with E-state index in [0.29, 0.717) is 20.6 Å². The van der Waals surface area contributed by atoms with Crippen LogP contribution in [-0.2, 0) is 4.74 Å². The average molecular weight is 420 g/mol. The molecule has 3 rings (SSSR count). The fourth-order valence-corrected chi connectivity index (χ4v) is 3.78. The summed E-state index contributed by atoms with van der Waals surface area (Å²) in [5.41, 5.74) is 2.29. The zero-order valence-corrected chi connectivity index (χ0v) is 16.6. The molecule has 0 radical (unpaired) electrons. The van der Waals surface area contributed by atoms with Crippen molar-refractivity contribution in [2.75, 3.05) is 11.9 Å². The summed E-state index contributed by atoms with van der Waals surface area (Å²) in [5.74, 6) is 0. The number of amides is 1. The summed E-state index contributed by atoms with van der Waals surface area (Å²) in [6.07, 6.45) is -0.700. The highest BCUT2D eigenvalue weighted by molar-refractivity contribution is 7.17. The standard InChI is InChI=1S/C19H15Cl2N3O2S/c1-11-17(27-18(23-11)12-5-3-2-4-6-12)15(22)10-26-19(25)24-16-8-7-13(20)9-14(16)21/h2-9,22H,10H2,1H3,(H,24,25). The minimum Gasteiger partial charge on any atom is -0.443 e. The maximum Gasteiger partial charge on any atom is 0.412 e. The number of nitrogens with zero attached hydrogens (tertiary/aromatic N) is 1. The molecule has 8 heteroatoms. The molecule has 0 saturated heterocycles. The van der Waals surface area contributed by atoms with E-state index in [2.05, 4.69) is 10.3 Å². The topological polar surface area (TPSA) is 75.1 Å². The molecule has 1 aromatic heterocycles. The van der Waals surface area contributed by atoms with Crippen LogP contribution in [0, 0.1) is 12.3 Å². The molecule has 0 aliphatic heterocycles. The highest BCUT2D eigenvalue weighted by Crippen LogP contribution is 2.28. The lowest BCUT2D eigenvalue weighted by Gasteiger charge is -2.09. The molecule has 1 heterocycles. The number of rotatable bonds is 5. The van der Waals surface area contributed by atoms with Gasteiger partial charge in [-0.05, 0) is 25.1 Å². The third-order valence-corrected chi connectivity index (χ3v) is 5.42. The first-order valence-electron chi connectivity index (χ1n) is 7.93. The van der Waals surface area contributed by atoms with Crippen molar-refractivity contribution in [2.45, 2.75) is 6.92 Å². The second kappa shape index (κ2) is 8.52. The van der Waals surface area contributed by atoms with E-state index in [4.69, 9.17) is 33.3 Å². The monoisotopic (exact) mass is 419 g/mol. The lowest BCUT2D eigenvalue weighted by Crippen LogP contribution is -2.19. The van der Waals surface area contributed by atoms with Crippen molar-refractivity contribution in [2.24, 2.45) is 0 Å². The minimum atomic E-state index is -0.700. The molecular formula is C19H15Cl2N3O2S. The van der Waals surface area contributed by atoms with Crippen LogP contribution in [0.4, 0.5) is 10.5 Å². The Hall–Kier alpha value is -2.41. The molecule has 1 amide bonds. The van der Waals surface area contributed by atoms with Crippen LogP contribution in [0.25, 0.3) is 10.6 Å². The van der Waals surface area contributed by atoms with Crippen LogP contribution in [0.3, 0.4) is 0 Å². The maximum atomic E-state index is 12.0. The van der Waals surface area contributed by atoms with Crippen molar-refractivity contribution in [1.82, 2.24) is 4.98 Å². The number of halogens is 2. The number of anilines is 1. The summed E-state index contributed by atoms with van der Waals surface area (Å²) in [6, 6.07) is 14.4. The van der Waals surface area contributed by atoms with Crippen molar-refractivity contribution in [1.29, 1.82) is 5.41 Å². The number of hydrogen-bond donors (Lipinski definition) is 2. The van der Waals surface area contributed by atoms with Gasteiger partial charge in [-0.3, -0.25) is 5.32 Å². The molecule has 0 bridgehead atoms. The molecule has 0 unspecified atom stereocenters. The molecule has 138 valence electrons. The van der Waals surface area contributed by atoms with Gasteiger partial charge in [0.15, 0.2) is 0 Å². The molecule has 5 nitrogen and oxygen atoms in total. The highest BCUT2D eigenvalue weighted by atomic mass is 35.5. The molecular weight excluding hydrogens is 405 g/mol. The molecule has 0 saturated carbocycles. The number of ether oxygens (including phenoxy) is 1. The van der Waals surface area contributed by atoms with Crippen LogP contribution in [-0.4, -0.2) is 23.4 Å². The molecule has 0 spiro atoms. The first-order chi connectivity index (χ1) is 12.9. The normalized spacial score (nSPS) is 10.5. The number of carbonyl (C=O) groups is 1. The van der Waals surface area contributed by atoms with E-state index in [-0.39, 0.29) is 12.3 Å². The van der Waals surface area contributed by atoms with Gasteiger partial charge in [0.05, 0.1) is 27.0 Å². The summed E-state index contributed by atoms with van der Waals surface area (Å²) >= 11 is 13.2. The Bertz CT molecular complexity index is 990. The Morgan fingerprint density at radius 1 is 1.22 bits per heavy atom. The largest absolute Gasteiger partial charge is 0.443 e. The van der Waals surface area contributed by atoms with Gasteiger partial charge in [0, 0.05) is 10.6 Å². The third-order valence-electron chi connectivity index (χ3n) is 3.61. The smallest absolute Gasteiger partial charge is 0.412 e. The average Bonchev–Trinajstić information content (AvgIpc) is 3.05. The molecule has 2 N–H and O–H groups in total. The Balaban J connectivity index is 1.62. The number of carbonyl (C=O) groups excluding carboxylic acids is 1. The molecule has 0 atom stereocenters. The highest BCUT2D eigenvalue weighted by Gasteiger charge is 2.15. The Labute approximate surface area is 170 Å². The van der Waals surface area contributed by atoms with Gasteiger partial charge >= 0.3 is 6.09 Å². The van der Waals surface area contributed by atoms with Crippen LogP contribution < -0.4 is 5.32 Å². The van der Waals surface area contributed by atoms with Crippen molar-refractivity contribution < 1.29 is 9.53 Å². The fraction of sp³-hybridized carbons (Fsp3) is 0.105. The summed E-state index contributed by atoms with van der Waals surface area (Å²) in [5, 5.41) is 12.3. The van der Waals surface area contributed by atoms with E-state index in [1.807, 2.05) is 37.3 Å². The van der Waals surface area contributed by atoms with Gasteiger partial charge in [0.25, 0.3) is 0 Å². The van der Waals surface area contributed by atoms with E-state index < -0.39 is 6.09 Å². The Kier molecular flexibility index (Phi) is 6.11. The predicted octanol–water partition coefficient (Wildman–Crippen LogP) is 6.04. The van der Waals surface area contributed by atoms with Crippen molar-refractivity contribution in [3.8, 4) is 10.6 Å². The minimum absolute atomic E-state index is 0.172. The zero-order chi connectivity index (χ0) is 19.4. The van der Waals surface area contributed by atoms with Gasteiger partial charge in [0.1, 0.15) is 11.6 Å². The SMILES string of the molecule is Cc1nc(-c2ccccc2)sc1C(=N)COC(=O)Nc1ccc(Cl)cc1Cl. The summed E-state index contributed by atoms with van der Waals surface area (Å²) in [6.45, 7) is 1.66. The van der Waals surface area contributed by atoms with Crippen molar-refractivity contribution >= 4 is 52.0 Å².